The lowest BCUT2D eigenvalue weighted by atomic mass is 10.1. The van der Waals surface area contributed by atoms with Crippen molar-refractivity contribution in [2.24, 2.45) is 0 Å². The number of carbonyl (C=O) groups excluding carboxylic acids is 1. The summed E-state index contributed by atoms with van der Waals surface area (Å²) in [5, 5.41) is 4.48. The van der Waals surface area contributed by atoms with Gasteiger partial charge in [-0.05, 0) is 45.5 Å². The van der Waals surface area contributed by atoms with Gasteiger partial charge < -0.3 is 9.80 Å². The Morgan fingerprint density at radius 3 is 2.65 bits per heavy atom. The molecule has 0 radical (unpaired) electrons. The highest BCUT2D eigenvalue weighted by atomic mass is 16.2. The van der Waals surface area contributed by atoms with Crippen LogP contribution in [-0.4, -0.2) is 40.7 Å². The Morgan fingerprint density at radius 2 is 1.96 bits per heavy atom. The normalized spacial score (nSPS) is 16.8. The van der Waals surface area contributed by atoms with Gasteiger partial charge in [-0.15, -0.1) is 0 Å². The Bertz CT molecular complexity index is 722. The van der Waals surface area contributed by atoms with Gasteiger partial charge in [0.15, 0.2) is 0 Å². The highest BCUT2D eigenvalue weighted by molar-refractivity contribution is 5.96. The molecule has 1 aromatic carbocycles. The van der Waals surface area contributed by atoms with Crippen molar-refractivity contribution >= 4 is 11.6 Å². The van der Waals surface area contributed by atoms with Crippen molar-refractivity contribution in [2.75, 3.05) is 25.0 Å². The minimum atomic E-state index is -0.305. The molecule has 0 aliphatic carbocycles. The van der Waals surface area contributed by atoms with Crippen molar-refractivity contribution in [1.82, 2.24) is 14.7 Å². The van der Waals surface area contributed by atoms with Crippen LogP contribution in [0.2, 0.25) is 0 Å². The molecular weight excluding hydrogens is 288 g/mol. The van der Waals surface area contributed by atoms with Crippen LogP contribution in [0.1, 0.15) is 29.9 Å². The first-order valence-corrected chi connectivity index (χ1v) is 8.08. The second-order valence-corrected chi connectivity index (χ2v) is 6.40. The van der Waals surface area contributed by atoms with Gasteiger partial charge >= 0.3 is 0 Å². The van der Waals surface area contributed by atoms with Gasteiger partial charge in [0.25, 0.3) is 5.91 Å². The molecule has 0 spiro atoms. The number of carbonyl (C=O) groups is 1. The fraction of sp³-hybridized carbons (Fsp3) is 0.444. The second kappa shape index (κ2) is 6.16. The smallest absolute Gasteiger partial charge is 0.251 e. The number of anilines is 1. The molecule has 3 rings (SSSR count). The van der Waals surface area contributed by atoms with Crippen LogP contribution in [-0.2, 0) is 11.3 Å². The summed E-state index contributed by atoms with van der Waals surface area (Å²) in [6.45, 7) is 8.32. The zero-order chi connectivity index (χ0) is 16.6. The lowest BCUT2D eigenvalue weighted by Crippen LogP contribution is -2.39. The van der Waals surface area contributed by atoms with Crippen LogP contribution in [0.3, 0.4) is 0 Å². The third kappa shape index (κ3) is 3.01. The van der Waals surface area contributed by atoms with Gasteiger partial charge in [-0.1, -0.05) is 18.2 Å². The Balaban J connectivity index is 1.94. The monoisotopic (exact) mass is 312 g/mol. The molecule has 1 aliphatic heterocycles. The number of hydrogen-bond donors (Lipinski definition) is 0. The Labute approximate surface area is 137 Å². The number of para-hydroxylation sites is 1. The van der Waals surface area contributed by atoms with E-state index in [1.165, 1.54) is 5.56 Å². The molecule has 0 fully saturated rings. The molecule has 0 saturated carbocycles. The average Bonchev–Trinajstić information content (AvgIpc) is 2.76. The number of hydrogen-bond acceptors (Lipinski definition) is 3. The van der Waals surface area contributed by atoms with Gasteiger partial charge in [-0.2, -0.15) is 5.10 Å². The SMILES string of the molecule is Cc1cc(C)n(C(C)C(=O)N2CCN(C)Cc3ccccc32)n1. The summed E-state index contributed by atoms with van der Waals surface area (Å²) < 4.78 is 1.83. The van der Waals surface area contributed by atoms with Crippen molar-refractivity contribution in [3.8, 4) is 0 Å². The number of benzene rings is 1. The first-order valence-electron chi connectivity index (χ1n) is 8.08. The van der Waals surface area contributed by atoms with Crippen LogP contribution in [0.4, 0.5) is 5.69 Å². The summed E-state index contributed by atoms with van der Waals surface area (Å²) >= 11 is 0. The van der Waals surface area contributed by atoms with Crippen molar-refractivity contribution in [3.05, 3.63) is 47.3 Å². The van der Waals surface area contributed by atoms with Gasteiger partial charge in [0.2, 0.25) is 0 Å². The number of aromatic nitrogens is 2. The number of fused-ring (bicyclic) bond motifs is 1. The van der Waals surface area contributed by atoms with E-state index in [1.807, 2.05) is 54.6 Å². The molecule has 0 saturated heterocycles. The van der Waals surface area contributed by atoms with Crippen molar-refractivity contribution in [1.29, 1.82) is 0 Å². The minimum Gasteiger partial charge on any atom is -0.309 e. The Kier molecular flexibility index (Phi) is 4.22. The summed E-state index contributed by atoms with van der Waals surface area (Å²) in [7, 11) is 2.09. The zero-order valence-corrected chi connectivity index (χ0v) is 14.3. The Morgan fingerprint density at radius 1 is 1.22 bits per heavy atom. The summed E-state index contributed by atoms with van der Waals surface area (Å²) in [4.78, 5) is 17.3. The van der Waals surface area contributed by atoms with Gasteiger partial charge in [-0.3, -0.25) is 9.48 Å². The maximum atomic E-state index is 13.1. The van der Waals surface area contributed by atoms with E-state index in [4.69, 9.17) is 0 Å². The molecule has 5 nitrogen and oxygen atoms in total. The molecule has 1 unspecified atom stereocenters. The number of rotatable bonds is 2. The van der Waals surface area contributed by atoms with E-state index in [-0.39, 0.29) is 11.9 Å². The quantitative estimate of drug-likeness (QED) is 0.856. The van der Waals surface area contributed by atoms with Crippen molar-refractivity contribution < 1.29 is 4.79 Å². The molecule has 5 heteroatoms. The van der Waals surface area contributed by atoms with Crippen LogP contribution in [0.5, 0.6) is 0 Å². The number of aryl methyl sites for hydroxylation is 2. The van der Waals surface area contributed by atoms with Crippen LogP contribution >= 0.6 is 0 Å². The number of nitrogens with zero attached hydrogens (tertiary/aromatic N) is 4. The fourth-order valence-electron chi connectivity index (χ4n) is 3.27. The third-order valence-electron chi connectivity index (χ3n) is 4.46. The molecule has 122 valence electrons. The fourth-order valence-corrected chi connectivity index (χ4v) is 3.27. The van der Waals surface area contributed by atoms with Crippen LogP contribution in [0.15, 0.2) is 30.3 Å². The molecule has 2 heterocycles. The molecule has 1 aliphatic rings. The minimum absolute atomic E-state index is 0.0963. The topological polar surface area (TPSA) is 41.4 Å². The standard InChI is InChI=1S/C18H24N4O/c1-13-11-14(2)22(19-13)15(3)18(23)21-10-9-20(4)12-16-7-5-6-8-17(16)21/h5-8,11,15H,9-10,12H2,1-4H3. The number of likely N-dealkylation sites (N-methyl/N-ethyl adjacent to an activating group) is 1. The maximum absolute atomic E-state index is 13.1. The van der Waals surface area contributed by atoms with Crippen LogP contribution in [0.25, 0.3) is 0 Å². The highest BCUT2D eigenvalue weighted by Gasteiger charge is 2.28. The van der Waals surface area contributed by atoms with Gasteiger partial charge in [0.1, 0.15) is 6.04 Å². The van der Waals surface area contributed by atoms with E-state index in [0.717, 1.165) is 30.2 Å². The molecule has 2 aromatic rings. The molecule has 1 atom stereocenters. The third-order valence-corrected chi connectivity index (χ3v) is 4.46. The summed E-state index contributed by atoms with van der Waals surface area (Å²) in [5.41, 5.74) is 4.18. The van der Waals surface area contributed by atoms with E-state index in [1.54, 1.807) is 0 Å². The van der Waals surface area contributed by atoms with E-state index < -0.39 is 0 Å². The van der Waals surface area contributed by atoms with Crippen molar-refractivity contribution in [2.45, 2.75) is 33.4 Å². The predicted molar refractivity (Wildman–Crippen MR) is 91.5 cm³/mol. The Hall–Kier alpha value is -2.14. The van der Waals surface area contributed by atoms with Gasteiger partial charge in [-0.25, -0.2) is 0 Å². The van der Waals surface area contributed by atoms with E-state index in [2.05, 4.69) is 23.1 Å². The first kappa shape index (κ1) is 15.7. The number of amides is 1. The summed E-state index contributed by atoms with van der Waals surface area (Å²) in [6.07, 6.45) is 0. The first-order chi connectivity index (χ1) is 11.0. The molecule has 0 N–H and O–H groups in total. The van der Waals surface area contributed by atoms with Gasteiger partial charge in [0, 0.05) is 31.0 Å². The molecular formula is C18H24N4O. The lowest BCUT2D eigenvalue weighted by molar-refractivity contribution is -0.121. The predicted octanol–water partition coefficient (Wildman–Crippen LogP) is 2.54. The molecule has 1 amide bonds. The van der Waals surface area contributed by atoms with Crippen LogP contribution in [0, 0.1) is 13.8 Å². The van der Waals surface area contributed by atoms with E-state index in [9.17, 15) is 4.79 Å². The summed E-state index contributed by atoms with van der Waals surface area (Å²) in [5.74, 6) is 0.0963. The molecule has 23 heavy (non-hydrogen) atoms. The second-order valence-electron chi connectivity index (χ2n) is 6.40. The maximum Gasteiger partial charge on any atom is 0.251 e. The zero-order valence-electron chi connectivity index (χ0n) is 14.3. The lowest BCUT2D eigenvalue weighted by Gasteiger charge is -2.26. The van der Waals surface area contributed by atoms with E-state index >= 15 is 0 Å². The van der Waals surface area contributed by atoms with Crippen molar-refractivity contribution in [3.63, 3.8) is 0 Å². The summed E-state index contributed by atoms with van der Waals surface area (Å²) in [6, 6.07) is 9.88. The largest absolute Gasteiger partial charge is 0.309 e. The van der Waals surface area contributed by atoms with Gasteiger partial charge in [0.05, 0.1) is 5.69 Å². The molecule has 1 aromatic heterocycles. The average molecular weight is 312 g/mol. The highest BCUT2D eigenvalue weighted by Crippen LogP contribution is 2.27. The van der Waals surface area contributed by atoms with Crippen LogP contribution < -0.4 is 4.90 Å². The van der Waals surface area contributed by atoms with E-state index in [0.29, 0.717) is 6.54 Å². The molecule has 0 bridgehead atoms.